The van der Waals surface area contributed by atoms with E-state index in [0.29, 0.717) is 53.4 Å². The Balaban J connectivity index is 1.15. The molecule has 2 atom stereocenters. The van der Waals surface area contributed by atoms with E-state index in [4.69, 9.17) is 23.9 Å². The summed E-state index contributed by atoms with van der Waals surface area (Å²) >= 11 is 1.30. The molecule has 45 heavy (non-hydrogen) atoms. The molecule has 3 heterocycles. The molecule has 2 fully saturated rings. The zero-order valence-corrected chi connectivity index (χ0v) is 26.3. The van der Waals surface area contributed by atoms with Gasteiger partial charge in [0.1, 0.15) is 28.3 Å². The fraction of sp³-hybridized carbons (Fsp3) is 0.394. The van der Waals surface area contributed by atoms with Crippen LogP contribution >= 0.6 is 11.3 Å². The topological polar surface area (TPSA) is 137 Å². The van der Waals surface area contributed by atoms with Gasteiger partial charge in [-0.1, -0.05) is 42.5 Å². The number of carbonyl (C=O) groups excluding carboxylic acids is 2. The Labute approximate surface area is 265 Å². The number of hydrogen-bond donors (Lipinski definition) is 3. The first-order valence-electron chi connectivity index (χ1n) is 15.2. The molecule has 2 aliphatic rings. The normalized spacial score (nSPS) is 18.3. The monoisotopic (exact) mass is 631 g/mol. The highest BCUT2D eigenvalue weighted by molar-refractivity contribution is 7.17. The first-order chi connectivity index (χ1) is 21.8. The number of nitrogens with zero attached hydrogens (tertiary/aromatic N) is 2. The van der Waals surface area contributed by atoms with E-state index < -0.39 is 12.4 Å². The summed E-state index contributed by atoms with van der Waals surface area (Å²) in [5.74, 6) is 0.938. The van der Waals surface area contributed by atoms with E-state index in [2.05, 4.69) is 20.8 Å². The molecule has 11 nitrogen and oxygen atoms in total. The maximum atomic E-state index is 13.4. The van der Waals surface area contributed by atoms with Gasteiger partial charge in [0.25, 0.3) is 5.91 Å². The van der Waals surface area contributed by atoms with Crippen LogP contribution in [-0.4, -0.2) is 52.5 Å². The van der Waals surface area contributed by atoms with E-state index in [1.807, 2.05) is 75.4 Å². The highest BCUT2D eigenvalue weighted by Crippen LogP contribution is 2.42. The summed E-state index contributed by atoms with van der Waals surface area (Å²) < 4.78 is 23.6. The maximum absolute atomic E-state index is 13.4. The molecule has 1 aliphatic heterocycles. The minimum absolute atomic E-state index is 0.0215. The van der Waals surface area contributed by atoms with Crippen LogP contribution in [0, 0.1) is 6.92 Å². The third kappa shape index (κ3) is 7.35. The van der Waals surface area contributed by atoms with Crippen molar-refractivity contribution in [3.63, 3.8) is 0 Å². The van der Waals surface area contributed by atoms with Crippen LogP contribution in [-0.2, 0) is 20.8 Å². The van der Waals surface area contributed by atoms with Crippen molar-refractivity contribution in [1.82, 2.24) is 20.5 Å². The molecule has 1 saturated heterocycles. The van der Waals surface area contributed by atoms with Crippen LogP contribution in [0.25, 0.3) is 10.6 Å². The van der Waals surface area contributed by atoms with Crippen molar-refractivity contribution in [2.24, 2.45) is 0 Å². The summed E-state index contributed by atoms with van der Waals surface area (Å²) in [5.41, 5.74) is 4.10. The van der Waals surface area contributed by atoms with Crippen molar-refractivity contribution in [2.75, 3.05) is 18.5 Å². The van der Waals surface area contributed by atoms with E-state index >= 15 is 0 Å². The number of aryl methyl sites for hydroxylation is 1. The number of aromatic nitrogens is 3. The number of alkyl carbamates (subject to hydrolysis) is 1. The van der Waals surface area contributed by atoms with Gasteiger partial charge in [0, 0.05) is 29.3 Å². The molecule has 3 N–H and O–H groups in total. The summed E-state index contributed by atoms with van der Waals surface area (Å²) in [6.45, 7) is 6.96. The maximum Gasteiger partial charge on any atom is 0.407 e. The molecule has 0 unspecified atom stereocenters. The van der Waals surface area contributed by atoms with E-state index in [9.17, 15) is 9.59 Å². The molecule has 0 radical (unpaired) electrons. The summed E-state index contributed by atoms with van der Waals surface area (Å²) in [6.07, 6.45) is 1.19. The van der Waals surface area contributed by atoms with E-state index in [0.717, 1.165) is 35.2 Å². The molecule has 2 aromatic carbocycles. The van der Waals surface area contributed by atoms with Crippen LogP contribution in [0.1, 0.15) is 77.5 Å². The summed E-state index contributed by atoms with van der Waals surface area (Å²) in [7, 11) is 0. The average Bonchev–Trinajstić information content (AvgIpc) is 3.84. The molecule has 12 heteroatoms. The highest BCUT2D eigenvalue weighted by atomic mass is 32.1. The molecule has 0 bridgehead atoms. The Morgan fingerprint density at radius 3 is 2.67 bits per heavy atom. The molecule has 0 spiro atoms. The molecule has 2 amide bonds. The van der Waals surface area contributed by atoms with Gasteiger partial charge in [-0.2, -0.15) is 5.10 Å². The number of thiazole rings is 1. The lowest BCUT2D eigenvalue weighted by Crippen LogP contribution is -2.33. The second-order valence-electron chi connectivity index (χ2n) is 11.5. The van der Waals surface area contributed by atoms with E-state index in [1.165, 1.54) is 11.3 Å². The van der Waals surface area contributed by atoms with Gasteiger partial charge in [0.2, 0.25) is 0 Å². The molecular formula is C33H37N5O6S. The zero-order valence-electron chi connectivity index (χ0n) is 25.5. The number of aromatic amines is 1. The zero-order chi connectivity index (χ0) is 31.3. The predicted molar refractivity (Wildman–Crippen MR) is 169 cm³/mol. The molecule has 4 aromatic rings. The van der Waals surface area contributed by atoms with Crippen molar-refractivity contribution in [2.45, 2.75) is 71.0 Å². The largest absolute Gasteiger partial charge is 0.488 e. The fourth-order valence-electron chi connectivity index (χ4n) is 5.62. The first-order valence-corrected chi connectivity index (χ1v) is 16.0. The predicted octanol–water partition coefficient (Wildman–Crippen LogP) is 6.49. The number of H-pyrrole nitrogens is 1. The Morgan fingerprint density at radius 2 is 1.89 bits per heavy atom. The van der Waals surface area contributed by atoms with Crippen molar-refractivity contribution >= 4 is 29.2 Å². The number of rotatable bonds is 10. The number of carbonyl (C=O) groups is 2. The third-order valence-electron chi connectivity index (χ3n) is 7.74. The Bertz CT molecular complexity index is 1630. The van der Waals surface area contributed by atoms with Crippen molar-refractivity contribution in [1.29, 1.82) is 0 Å². The standard InChI is InChI=1S/C33H37N5O6S/c1-19(2)34-33(40)44-23-13-12-22(16-23)25-17-27(38-37-25)36-30(39)29-20(3)35-31(45-29)24-10-7-11-26(28(24)32-41-14-15-42-32)43-18-21-8-5-4-6-9-21/h4-11,17,19,22-23,32H,12-16,18H2,1-3H3,(H,34,40)(H2,36,37,38,39)/t22-,23+/m0/s1. The second-order valence-corrected chi connectivity index (χ2v) is 12.5. The Kier molecular flexibility index (Phi) is 9.43. The molecule has 236 valence electrons. The number of benzene rings is 2. The number of anilines is 1. The number of nitrogens with one attached hydrogen (secondary N) is 3. The van der Waals surface area contributed by atoms with E-state index in [1.54, 1.807) is 0 Å². The smallest absolute Gasteiger partial charge is 0.407 e. The van der Waals surface area contributed by atoms with Gasteiger partial charge < -0.3 is 29.6 Å². The number of ether oxygens (including phenoxy) is 4. The Hall–Kier alpha value is -4.26. The van der Waals surface area contributed by atoms with Gasteiger partial charge in [-0.3, -0.25) is 9.89 Å². The van der Waals surface area contributed by atoms with Crippen molar-refractivity contribution in [3.8, 4) is 16.3 Å². The molecule has 6 rings (SSSR count). The molecule has 2 aromatic heterocycles. The van der Waals surface area contributed by atoms with Crippen LogP contribution in [0.15, 0.2) is 54.6 Å². The van der Waals surface area contributed by atoms with Crippen LogP contribution < -0.4 is 15.4 Å². The van der Waals surface area contributed by atoms with Crippen LogP contribution in [0.4, 0.5) is 10.6 Å². The quantitative estimate of drug-likeness (QED) is 0.181. The minimum atomic E-state index is -0.596. The van der Waals surface area contributed by atoms with Gasteiger partial charge in [-0.05, 0) is 51.7 Å². The Morgan fingerprint density at radius 1 is 1.09 bits per heavy atom. The lowest BCUT2D eigenvalue weighted by Gasteiger charge is -2.18. The fourth-order valence-corrected chi connectivity index (χ4v) is 6.62. The number of amides is 2. The van der Waals surface area contributed by atoms with Crippen LogP contribution in [0.3, 0.4) is 0 Å². The van der Waals surface area contributed by atoms with E-state index in [-0.39, 0.29) is 24.0 Å². The summed E-state index contributed by atoms with van der Waals surface area (Å²) in [6, 6.07) is 17.6. The first kappa shape index (κ1) is 30.8. The van der Waals surface area contributed by atoms with Crippen molar-refractivity contribution in [3.05, 3.63) is 82.0 Å². The van der Waals surface area contributed by atoms with Gasteiger partial charge in [-0.25, -0.2) is 9.78 Å². The van der Waals surface area contributed by atoms with Gasteiger partial charge in [0.05, 0.1) is 24.5 Å². The lowest BCUT2D eigenvalue weighted by atomic mass is 10.0. The van der Waals surface area contributed by atoms with Gasteiger partial charge in [0.15, 0.2) is 12.1 Å². The minimum Gasteiger partial charge on any atom is -0.488 e. The molecular weight excluding hydrogens is 594 g/mol. The SMILES string of the molecule is Cc1nc(-c2cccc(OCc3ccccc3)c2C2OCCO2)sc1C(=O)Nc1cc([C@H]2CC[C@@H](OC(=O)NC(C)C)C2)[nH]n1. The molecule has 1 saturated carbocycles. The summed E-state index contributed by atoms with van der Waals surface area (Å²) in [4.78, 5) is 30.7. The molecule has 1 aliphatic carbocycles. The summed E-state index contributed by atoms with van der Waals surface area (Å²) in [5, 5.41) is 13.7. The van der Waals surface area contributed by atoms with Gasteiger partial charge in [-0.15, -0.1) is 11.3 Å². The highest BCUT2D eigenvalue weighted by Gasteiger charge is 2.31. The third-order valence-corrected chi connectivity index (χ3v) is 8.93. The second kappa shape index (κ2) is 13.8. The van der Waals surface area contributed by atoms with Crippen molar-refractivity contribution < 1.29 is 28.5 Å². The average molecular weight is 632 g/mol. The number of hydrogen-bond acceptors (Lipinski definition) is 9. The van der Waals surface area contributed by atoms with Gasteiger partial charge >= 0.3 is 6.09 Å². The lowest BCUT2D eigenvalue weighted by molar-refractivity contribution is -0.0454. The van der Waals surface area contributed by atoms with Crippen LogP contribution in [0.2, 0.25) is 0 Å². The van der Waals surface area contributed by atoms with Crippen LogP contribution in [0.5, 0.6) is 5.75 Å².